The molecule has 202 valence electrons. The van der Waals surface area contributed by atoms with E-state index < -0.39 is 10.1 Å². The molecule has 5 rings (SSSR count). The lowest BCUT2D eigenvalue weighted by Crippen LogP contribution is -2.47. The van der Waals surface area contributed by atoms with E-state index in [-0.39, 0.29) is 18.1 Å². The summed E-state index contributed by atoms with van der Waals surface area (Å²) in [6.07, 6.45) is 10.2. The van der Waals surface area contributed by atoms with Gasteiger partial charge in [-0.15, -0.1) is 0 Å². The van der Waals surface area contributed by atoms with Gasteiger partial charge in [0.05, 0.1) is 19.0 Å². The molecule has 0 aliphatic heterocycles. The van der Waals surface area contributed by atoms with Crippen molar-refractivity contribution in [2.24, 2.45) is 23.2 Å². The van der Waals surface area contributed by atoms with Gasteiger partial charge < -0.3 is 9.84 Å². The van der Waals surface area contributed by atoms with Gasteiger partial charge in [-0.3, -0.25) is 4.18 Å². The summed E-state index contributed by atoms with van der Waals surface area (Å²) in [5.74, 6) is 3.24. The van der Waals surface area contributed by atoms with Crippen LogP contribution in [0.5, 0.6) is 5.75 Å². The summed E-state index contributed by atoms with van der Waals surface area (Å²) in [6, 6.07) is 17.0. The Hall–Kier alpha value is -1.89. The Bertz CT molecular complexity index is 1160. The maximum absolute atomic E-state index is 11.2. The van der Waals surface area contributed by atoms with Gasteiger partial charge in [-0.1, -0.05) is 56.2 Å². The third-order valence-corrected chi connectivity index (χ3v) is 10.2. The second kappa shape index (κ2) is 11.1. The number of aliphatic hydroxyl groups excluding tert-OH is 1. The highest BCUT2D eigenvalue weighted by Crippen LogP contribution is 2.62. The average molecular weight is 527 g/mol. The molecule has 0 unspecified atom stereocenters. The molecule has 0 spiro atoms. The third-order valence-electron chi connectivity index (χ3n) is 9.59. The molecule has 3 aliphatic rings. The van der Waals surface area contributed by atoms with Crippen molar-refractivity contribution in [3.63, 3.8) is 0 Å². The summed E-state index contributed by atoms with van der Waals surface area (Å²) in [4.78, 5) is 0. The van der Waals surface area contributed by atoms with E-state index in [0.717, 1.165) is 69.8 Å². The molecule has 5 nitrogen and oxygen atoms in total. The molecule has 6 heteroatoms. The van der Waals surface area contributed by atoms with Crippen molar-refractivity contribution in [2.75, 3.05) is 12.9 Å². The number of ether oxygens (including phenoxy) is 1. The summed E-state index contributed by atoms with van der Waals surface area (Å²) in [7, 11) is -3.37. The molecule has 0 aromatic heterocycles. The van der Waals surface area contributed by atoms with Crippen LogP contribution in [-0.4, -0.2) is 32.5 Å². The van der Waals surface area contributed by atoms with Gasteiger partial charge >= 0.3 is 0 Å². The fourth-order valence-electron chi connectivity index (χ4n) is 7.75. The highest BCUT2D eigenvalue weighted by Gasteiger charge is 2.56. The van der Waals surface area contributed by atoms with Crippen LogP contribution in [0, 0.1) is 23.2 Å². The Kier molecular flexibility index (Phi) is 7.99. The van der Waals surface area contributed by atoms with Gasteiger partial charge in [0, 0.05) is 0 Å². The van der Waals surface area contributed by atoms with Gasteiger partial charge in [0.25, 0.3) is 10.1 Å². The van der Waals surface area contributed by atoms with E-state index in [1.807, 2.05) is 18.2 Å². The van der Waals surface area contributed by atoms with Gasteiger partial charge in [-0.25, -0.2) is 0 Å². The Morgan fingerprint density at radius 3 is 2.62 bits per heavy atom. The van der Waals surface area contributed by atoms with Crippen LogP contribution < -0.4 is 4.74 Å². The topological polar surface area (TPSA) is 72.8 Å². The molecule has 0 bridgehead atoms. The van der Waals surface area contributed by atoms with Crippen LogP contribution in [0.1, 0.15) is 80.9 Å². The molecule has 6 atom stereocenters. The number of unbranched alkanes of at least 4 members (excludes halogenated alkanes) is 2. The number of benzene rings is 2. The van der Waals surface area contributed by atoms with Crippen molar-refractivity contribution < 1.29 is 22.4 Å². The summed E-state index contributed by atoms with van der Waals surface area (Å²) < 4.78 is 33.6. The molecule has 2 fully saturated rings. The van der Waals surface area contributed by atoms with Crippen molar-refractivity contribution in [3.8, 4) is 5.75 Å². The van der Waals surface area contributed by atoms with Crippen LogP contribution in [0.2, 0.25) is 0 Å². The van der Waals surface area contributed by atoms with E-state index >= 15 is 0 Å². The van der Waals surface area contributed by atoms with Crippen LogP contribution in [0.15, 0.2) is 48.5 Å². The highest BCUT2D eigenvalue weighted by atomic mass is 32.2. The molecule has 1 N–H and O–H groups in total. The lowest BCUT2D eigenvalue weighted by Gasteiger charge is -2.53. The molecule has 3 aliphatic carbocycles. The molecule has 0 heterocycles. The third kappa shape index (κ3) is 5.91. The lowest BCUT2D eigenvalue weighted by molar-refractivity contribution is -0.0396. The summed E-state index contributed by atoms with van der Waals surface area (Å²) in [5.41, 5.74) is 4.14. The maximum atomic E-state index is 11.2. The van der Waals surface area contributed by atoms with E-state index in [9.17, 15) is 13.5 Å². The summed E-state index contributed by atoms with van der Waals surface area (Å²) in [5, 5.41) is 10.9. The number of aliphatic hydroxyl groups is 1. The average Bonchev–Trinajstić information content (AvgIpc) is 3.18. The monoisotopic (exact) mass is 526 g/mol. The zero-order valence-electron chi connectivity index (χ0n) is 22.3. The number of fused-ring (bicyclic) bond motifs is 5. The molecular formula is C31H42O5S. The van der Waals surface area contributed by atoms with E-state index in [1.54, 1.807) is 0 Å². The first-order valence-electron chi connectivity index (χ1n) is 14.1. The molecule has 2 aromatic rings. The van der Waals surface area contributed by atoms with Crippen molar-refractivity contribution in [1.82, 2.24) is 0 Å². The first kappa shape index (κ1) is 26.7. The Balaban J connectivity index is 1.31. The molecular weight excluding hydrogens is 484 g/mol. The van der Waals surface area contributed by atoms with Crippen LogP contribution in [0.3, 0.4) is 0 Å². The van der Waals surface area contributed by atoms with Crippen molar-refractivity contribution in [1.29, 1.82) is 0 Å². The minimum atomic E-state index is -3.37. The minimum absolute atomic E-state index is 0.0407. The first-order valence-corrected chi connectivity index (χ1v) is 15.9. The normalized spacial score (nSPS) is 30.8. The zero-order valence-corrected chi connectivity index (χ0v) is 23.1. The second-order valence-corrected chi connectivity index (χ2v) is 13.5. The molecule has 0 amide bonds. The number of hydrogen-bond donors (Lipinski definition) is 1. The fourth-order valence-corrected chi connectivity index (χ4v) is 8.17. The minimum Gasteiger partial charge on any atom is -0.489 e. The van der Waals surface area contributed by atoms with Crippen LogP contribution in [-0.2, 0) is 27.3 Å². The van der Waals surface area contributed by atoms with E-state index in [1.165, 1.54) is 16.7 Å². The van der Waals surface area contributed by atoms with E-state index in [2.05, 4.69) is 37.3 Å². The summed E-state index contributed by atoms with van der Waals surface area (Å²) >= 11 is 0. The lowest BCUT2D eigenvalue weighted by atomic mass is 9.52. The van der Waals surface area contributed by atoms with Crippen molar-refractivity contribution in [3.05, 3.63) is 65.2 Å². The molecule has 0 radical (unpaired) electrons. The van der Waals surface area contributed by atoms with Crippen LogP contribution >= 0.6 is 0 Å². The van der Waals surface area contributed by atoms with E-state index in [4.69, 9.17) is 8.92 Å². The second-order valence-electron chi connectivity index (χ2n) is 11.9. The Labute approximate surface area is 222 Å². The Morgan fingerprint density at radius 1 is 1.03 bits per heavy atom. The van der Waals surface area contributed by atoms with Gasteiger partial charge in [-0.2, -0.15) is 8.42 Å². The molecule has 2 aromatic carbocycles. The van der Waals surface area contributed by atoms with Gasteiger partial charge in [0.15, 0.2) is 0 Å². The van der Waals surface area contributed by atoms with Crippen LogP contribution in [0.25, 0.3) is 0 Å². The zero-order chi connectivity index (χ0) is 26.0. The van der Waals surface area contributed by atoms with E-state index in [0.29, 0.717) is 30.3 Å². The predicted molar refractivity (Wildman–Crippen MR) is 146 cm³/mol. The fraction of sp³-hybridized carbons (Fsp3) is 0.613. The number of rotatable bonds is 10. The van der Waals surface area contributed by atoms with Gasteiger partial charge in [-0.05, 0) is 103 Å². The van der Waals surface area contributed by atoms with Crippen LogP contribution in [0.4, 0.5) is 0 Å². The van der Waals surface area contributed by atoms with Gasteiger partial charge in [0.2, 0.25) is 0 Å². The quantitative estimate of drug-likeness (QED) is 0.293. The van der Waals surface area contributed by atoms with Crippen molar-refractivity contribution in [2.45, 2.75) is 83.3 Å². The molecule has 37 heavy (non-hydrogen) atoms. The smallest absolute Gasteiger partial charge is 0.264 e. The molecule has 2 saturated carbocycles. The van der Waals surface area contributed by atoms with Crippen molar-refractivity contribution >= 4 is 10.1 Å². The number of hydrogen-bond acceptors (Lipinski definition) is 5. The van der Waals surface area contributed by atoms with Gasteiger partial charge in [0.1, 0.15) is 12.4 Å². The summed E-state index contributed by atoms with van der Waals surface area (Å²) in [6.45, 7) is 3.18. The largest absolute Gasteiger partial charge is 0.489 e. The standard InChI is InChI=1S/C31H42O5S/c1-31-17-16-27-26-13-12-25(35-21-22-9-5-3-6-10-22)20-24(26)19-23(30(27)28(31)14-15-29(31)32)11-7-4-8-18-36-37(2,33)34/h3,5-6,9-10,12-13,20,23,27-30,32H,4,7-8,11,14-19,21H2,1-2H3/t23-,27-,28+,29+,30-,31+/m1/s1. The first-order chi connectivity index (χ1) is 17.7. The SMILES string of the molecule is C[C@]12CC[C@@H]3c4ccc(OCc5ccccc5)cc4C[C@@H](CCCCCOS(C)(=O)=O)[C@H]3[C@@H]1CC[C@@H]2O. The highest BCUT2D eigenvalue weighted by molar-refractivity contribution is 7.85. The predicted octanol–water partition coefficient (Wildman–Crippen LogP) is 6.25. The maximum Gasteiger partial charge on any atom is 0.264 e. The molecule has 0 saturated heterocycles. The Morgan fingerprint density at radius 2 is 1.84 bits per heavy atom.